The number of thioether (sulfide) groups is 1. The van der Waals surface area contributed by atoms with E-state index in [9.17, 15) is 4.79 Å². The van der Waals surface area contributed by atoms with Crippen LogP contribution in [-0.4, -0.2) is 38.4 Å². The highest BCUT2D eigenvalue weighted by Gasteiger charge is 2.16. The third-order valence-electron chi connectivity index (χ3n) is 3.80. The molecule has 0 unspecified atom stereocenters. The molecule has 0 atom stereocenters. The van der Waals surface area contributed by atoms with Crippen LogP contribution in [0.15, 0.2) is 41.4 Å². The Balaban J connectivity index is 1.93. The molecule has 3 aromatic rings. The molecule has 0 saturated heterocycles. The van der Waals surface area contributed by atoms with E-state index in [2.05, 4.69) is 27.3 Å². The van der Waals surface area contributed by atoms with Crippen LogP contribution in [0.1, 0.15) is 12.5 Å². The van der Waals surface area contributed by atoms with E-state index in [1.165, 1.54) is 6.92 Å². The van der Waals surface area contributed by atoms with Crippen LogP contribution in [0.2, 0.25) is 0 Å². The summed E-state index contributed by atoms with van der Waals surface area (Å²) in [7, 11) is 0. The van der Waals surface area contributed by atoms with Gasteiger partial charge in [-0.05, 0) is 42.6 Å². The number of hydrogen-bond acceptors (Lipinski definition) is 5. The van der Waals surface area contributed by atoms with E-state index in [-0.39, 0.29) is 5.91 Å². The van der Waals surface area contributed by atoms with Crippen molar-refractivity contribution in [1.29, 1.82) is 0 Å². The highest BCUT2D eigenvalue weighted by molar-refractivity contribution is 7.99. The zero-order valence-electron chi connectivity index (χ0n) is 14.4. The number of amides is 1. The number of rotatable bonds is 6. The molecule has 5 nitrogen and oxygen atoms in total. The van der Waals surface area contributed by atoms with Gasteiger partial charge in [-0.1, -0.05) is 12.1 Å². The highest BCUT2D eigenvalue weighted by Crippen LogP contribution is 2.32. The minimum atomic E-state index is 0.00132. The van der Waals surface area contributed by atoms with Crippen molar-refractivity contribution in [1.82, 2.24) is 19.3 Å². The second-order valence-electron chi connectivity index (χ2n) is 5.52. The Morgan fingerprint density at radius 3 is 2.84 bits per heavy atom. The van der Waals surface area contributed by atoms with E-state index in [1.54, 1.807) is 23.7 Å². The zero-order chi connectivity index (χ0) is 17.8. The third kappa shape index (κ3) is 3.82. The van der Waals surface area contributed by atoms with Crippen molar-refractivity contribution in [3.8, 4) is 11.5 Å². The van der Waals surface area contributed by atoms with Gasteiger partial charge in [0.1, 0.15) is 5.69 Å². The minimum absolute atomic E-state index is 0.00132. The number of imidazole rings is 1. The van der Waals surface area contributed by atoms with E-state index in [4.69, 9.17) is 4.98 Å². The molecular weight excluding hydrogens is 352 g/mol. The van der Waals surface area contributed by atoms with E-state index in [0.717, 1.165) is 38.8 Å². The number of pyridine rings is 1. The lowest BCUT2D eigenvalue weighted by Crippen LogP contribution is -2.22. The molecule has 0 saturated carbocycles. The number of aromatic nitrogens is 3. The molecule has 0 radical (unpaired) electrons. The van der Waals surface area contributed by atoms with Crippen LogP contribution in [0.3, 0.4) is 0 Å². The standard InChI is InChI=1S/C18H20N4OS2/c1-12-16(25-11-10-19-13(2)23)8-9-20-17(12)18-21-14-6-4-5-7-15(14)22(18)24-3/h4-9H,10-11H2,1-3H3,(H,19,23). The second-order valence-corrected chi connectivity index (χ2v) is 7.38. The maximum absolute atomic E-state index is 11.0. The number of carbonyl (C=O) groups excluding carboxylic acids is 1. The molecule has 3 rings (SSSR count). The summed E-state index contributed by atoms with van der Waals surface area (Å²) >= 11 is 3.35. The number of nitrogens with zero attached hydrogens (tertiary/aromatic N) is 3. The monoisotopic (exact) mass is 372 g/mol. The van der Waals surface area contributed by atoms with Gasteiger partial charge >= 0.3 is 0 Å². The number of benzene rings is 1. The zero-order valence-corrected chi connectivity index (χ0v) is 16.1. The van der Waals surface area contributed by atoms with Gasteiger partial charge in [0.2, 0.25) is 5.91 Å². The maximum Gasteiger partial charge on any atom is 0.216 e. The number of fused-ring (bicyclic) bond motifs is 1. The van der Waals surface area contributed by atoms with Crippen molar-refractivity contribution < 1.29 is 4.79 Å². The van der Waals surface area contributed by atoms with Crippen LogP contribution >= 0.6 is 23.7 Å². The van der Waals surface area contributed by atoms with Crippen LogP contribution < -0.4 is 5.32 Å². The van der Waals surface area contributed by atoms with Crippen molar-refractivity contribution in [3.63, 3.8) is 0 Å². The van der Waals surface area contributed by atoms with Crippen LogP contribution in [0.5, 0.6) is 0 Å². The molecule has 2 heterocycles. The van der Waals surface area contributed by atoms with Gasteiger partial charge in [0.15, 0.2) is 5.82 Å². The molecule has 1 amide bonds. The summed E-state index contributed by atoms with van der Waals surface area (Å²) in [6.07, 6.45) is 3.87. The van der Waals surface area contributed by atoms with Crippen molar-refractivity contribution in [2.45, 2.75) is 18.7 Å². The number of para-hydroxylation sites is 2. The minimum Gasteiger partial charge on any atom is -0.356 e. The summed E-state index contributed by atoms with van der Waals surface area (Å²) < 4.78 is 2.12. The van der Waals surface area contributed by atoms with E-state index in [1.807, 2.05) is 36.7 Å². The average molecular weight is 373 g/mol. The van der Waals surface area contributed by atoms with Crippen LogP contribution in [0.25, 0.3) is 22.6 Å². The molecular formula is C18H20N4OS2. The summed E-state index contributed by atoms with van der Waals surface area (Å²) in [5.74, 6) is 1.69. The van der Waals surface area contributed by atoms with Gasteiger partial charge in [0, 0.05) is 36.6 Å². The fourth-order valence-corrected chi connectivity index (χ4v) is 4.17. The topological polar surface area (TPSA) is 59.8 Å². The Kier molecular flexibility index (Phi) is 5.65. The first-order valence-corrected chi connectivity index (χ1v) is 10.1. The second kappa shape index (κ2) is 7.93. The summed E-state index contributed by atoms with van der Waals surface area (Å²) in [5, 5.41) is 2.82. The summed E-state index contributed by atoms with van der Waals surface area (Å²) in [5.41, 5.74) is 4.07. The number of nitrogens with one attached hydrogen (secondary N) is 1. The first-order chi connectivity index (χ1) is 12.1. The quantitative estimate of drug-likeness (QED) is 0.527. The average Bonchev–Trinajstić information content (AvgIpc) is 2.98. The molecule has 0 aliphatic rings. The van der Waals surface area contributed by atoms with Crippen molar-refractivity contribution in [2.75, 3.05) is 18.6 Å². The van der Waals surface area contributed by atoms with Gasteiger partial charge in [-0.3, -0.25) is 13.8 Å². The highest BCUT2D eigenvalue weighted by atomic mass is 32.2. The number of carbonyl (C=O) groups is 1. The molecule has 1 N–H and O–H groups in total. The van der Waals surface area contributed by atoms with Crippen molar-refractivity contribution in [2.24, 2.45) is 0 Å². The van der Waals surface area contributed by atoms with Gasteiger partial charge in [-0.2, -0.15) is 0 Å². The first kappa shape index (κ1) is 17.8. The molecule has 25 heavy (non-hydrogen) atoms. The summed E-state index contributed by atoms with van der Waals surface area (Å²) in [6, 6.07) is 10.1. The molecule has 0 aliphatic heterocycles. The predicted octanol–water partition coefficient (Wildman–Crippen LogP) is 3.76. The molecule has 0 spiro atoms. The molecule has 7 heteroatoms. The Labute approximate surface area is 155 Å². The summed E-state index contributed by atoms with van der Waals surface area (Å²) in [6.45, 7) is 4.26. The Morgan fingerprint density at radius 1 is 1.28 bits per heavy atom. The van der Waals surface area contributed by atoms with Crippen LogP contribution in [0.4, 0.5) is 0 Å². The lowest BCUT2D eigenvalue weighted by Gasteiger charge is -2.11. The van der Waals surface area contributed by atoms with Crippen molar-refractivity contribution >= 4 is 40.7 Å². The van der Waals surface area contributed by atoms with Crippen molar-refractivity contribution in [3.05, 3.63) is 42.1 Å². The first-order valence-electron chi connectivity index (χ1n) is 7.97. The lowest BCUT2D eigenvalue weighted by molar-refractivity contribution is -0.118. The van der Waals surface area contributed by atoms with E-state index >= 15 is 0 Å². The molecule has 0 bridgehead atoms. The molecule has 130 valence electrons. The predicted molar refractivity (Wildman–Crippen MR) is 106 cm³/mol. The van der Waals surface area contributed by atoms with Gasteiger partial charge < -0.3 is 5.32 Å². The van der Waals surface area contributed by atoms with Crippen LogP contribution in [-0.2, 0) is 4.79 Å². The van der Waals surface area contributed by atoms with Gasteiger partial charge in [0.25, 0.3) is 0 Å². The van der Waals surface area contributed by atoms with Crippen LogP contribution in [0, 0.1) is 6.92 Å². The Hall–Kier alpha value is -1.99. The fraction of sp³-hybridized carbons (Fsp3) is 0.278. The van der Waals surface area contributed by atoms with E-state index in [0.29, 0.717) is 6.54 Å². The molecule has 0 aliphatic carbocycles. The third-order valence-corrected chi connectivity index (χ3v) is 5.70. The largest absolute Gasteiger partial charge is 0.356 e. The smallest absolute Gasteiger partial charge is 0.216 e. The lowest BCUT2D eigenvalue weighted by atomic mass is 10.2. The Bertz CT molecular complexity index is 907. The molecule has 2 aromatic heterocycles. The maximum atomic E-state index is 11.0. The Morgan fingerprint density at radius 2 is 2.08 bits per heavy atom. The normalized spacial score (nSPS) is 11.0. The number of hydrogen-bond donors (Lipinski definition) is 1. The van der Waals surface area contributed by atoms with Gasteiger partial charge in [-0.25, -0.2) is 4.98 Å². The molecule has 1 aromatic carbocycles. The fourth-order valence-electron chi connectivity index (χ4n) is 2.63. The van der Waals surface area contributed by atoms with Gasteiger partial charge in [-0.15, -0.1) is 11.8 Å². The van der Waals surface area contributed by atoms with Gasteiger partial charge in [0.05, 0.1) is 11.0 Å². The van der Waals surface area contributed by atoms with E-state index < -0.39 is 0 Å². The summed E-state index contributed by atoms with van der Waals surface area (Å²) in [4.78, 5) is 21.5. The molecule has 0 fully saturated rings. The SMILES string of the molecule is CSn1c(-c2nccc(SCCNC(C)=O)c2C)nc2ccccc21.